The zero-order valence-corrected chi connectivity index (χ0v) is 11.3. The van der Waals surface area contributed by atoms with Gasteiger partial charge in [0.25, 0.3) is 0 Å². The van der Waals surface area contributed by atoms with Crippen molar-refractivity contribution in [3.05, 3.63) is 38.9 Å². The highest BCUT2D eigenvalue weighted by Gasteiger charge is 2.14. The van der Waals surface area contributed by atoms with Crippen LogP contribution in [0.25, 0.3) is 0 Å². The summed E-state index contributed by atoms with van der Waals surface area (Å²) in [6.45, 7) is -0.0305. The van der Waals surface area contributed by atoms with E-state index in [0.717, 1.165) is 0 Å². The van der Waals surface area contributed by atoms with Gasteiger partial charge in [-0.3, -0.25) is 4.79 Å². The van der Waals surface area contributed by atoms with Crippen molar-refractivity contribution in [3.63, 3.8) is 0 Å². The molecule has 2 aromatic heterocycles. The second-order valence-electron chi connectivity index (χ2n) is 3.37. The van der Waals surface area contributed by atoms with Crippen LogP contribution in [0.2, 0.25) is 0 Å². The molecule has 94 valence electrons. The number of ether oxygens (including phenoxy) is 1. The van der Waals surface area contributed by atoms with Crippen LogP contribution in [0.4, 0.5) is 0 Å². The molecule has 0 fully saturated rings. The molecule has 2 aromatic rings. The van der Waals surface area contributed by atoms with Gasteiger partial charge in [-0.25, -0.2) is 4.98 Å². The van der Waals surface area contributed by atoms with Crippen LogP contribution in [-0.2, 0) is 13.2 Å². The number of aliphatic hydroxyl groups excluding tert-OH is 1. The third kappa shape index (κ3) is 2.85. The maximum absolute atomic E-state index is 10.5. The first-order chi connectivity index (χ1) is 8.74. The molecule has 0 aliphatic carbocycles. The summed E-state index contributed by atoms with van der Waals surface area (Å²) < 4.78 is 11.0. The third-order valence-corrected chi connectivity index (χ3v) is 3.07. The monoisotopic (exact) mass is 360 g/mol. The molecule has 0 spiro atoms. The van der Waals surface area contributed by atoms with Crippen LogP contribution >= 0.6 is 22.6 Å². The first-order valence-corrected chi connectivity index (χ1v) is 6.10. The minimum atomic E-state index is -0.230. The zero-order chi connectivity index (χ0) is 13.0. The molecule has 2 rings (SSSR count). The Hall–Kier alpha value is -1.48. The van der Waals surface area contributed by atoms with Gasteiger partial charge in [-0.2, -0.15) is 0 Å². The van der Waals surface area contributed by atoms with Gasteiger partial charge < -0.3 is 14.4 Å². The molecule has 0 amide bonds. The van der Waals surface area contributed by atoms with E-state index in [9.17, 15) is 4.79 Å². The molecule has 0 unspecified atom stereocenters. The van der Waals surface area contributed by atoms with Gasteiger partial charge in [0.1, 0.15) is 13.2 Å². The molecule has 18 heavy (non-hydrogen) atoms. The van der Waals surface area contributed by atoms with E-state index < -0.39 is 0 Å². The number of hydrogen-bond acceptors (Lipinski definition) is 6. The highest BCUT2D eigenvalue weighted by molar-refractivity contribution is 14.1. The summed E-state index contributed by atoms with van der Waals surface area (Å²) in [5, 5.41) is 12.8. The molecule has 0 aliphatic rings. The lowest BCUT2D eigenvalue weighted by Crippen LogP contribution is -2.01. The van der Waals surface area contributed by atoms with Crippen LogP contribution in [0.1, 0.15) is 21.7 Å². The number of aldehydes is 1. The minimum absolute atomic E-state index is 0.200. The van der Waals surface area contributed by atoms with Crippen molar-refractivity contribution >= 4 is 28.9 Å². The third-order valence-electron chi connectivity index (χ3n) is 2.22. The fourth-order valence-electron chi connectivity index (χ4n) is 1.28. The van der Waals surface area contributed by atoms with Crippen molar-refractivity contribution in [2.45, 2.75) is 13.2 Å². The van der Waals surface area contributed by atoms with E-state index in [2.05, 4.69) is 10.1 Å². The molecule has 0 saturated heterocycles. The first-order valence-electron chi connectivity index (χ1n) is 5.02. The molecule has 0 bridgehead atoms. The van der Waals surface area contributed by atoms with E-state index in [1.165, 1.54) is 6.20 Å². The lowest BCUT2D eigenvalue weighted by Gasteiger charge is -2.04. The Morgan fingerprint density at radius 1 is 1.50 bits per heavy atom. The van der Waals surface area contributed by atoms with Gasteiger partial charge in [-0.05, 0) is 28.7 Å². The number of halogens is 1. The van der Waals surface area contributed by atoms with Crippen molar-refractivity contribution in [1.82, 2.24) is 10.1 Å². The Morgan fingerprint density at radius 2 is 2.33 bits per heavy atom. The van der Waals surface area contributed by atoms with Crippen molar-refractivity contribution in [2.24, 2.45) is 0 Å². The number of carbonyl (C=O) groups excluding carboxylic acids is 1. The lowest BCUT2D eigenvalue weighted by molar-refractivity contribution is 0.112. The van der Waals surface area contributed by atoms with Crippen molar-refractivity contribution in [2.75, 3.05) is 0 Å². The summed E-state index contributed by atoms with van der Waals surface area (Å²) in [5.74, 6) is 0.769. The number of nitrogens with zero attached hydrogens (tertiary/aromatic N) is 2. The maximum Gasteiger partial charge on any atom is 0.213 e. The minimum Gasteiger partial charge on any atom is -0.473 e. The number of pyridine rings is 1. The quantitative estimate of drug-likeness (QED) is 0.644. The van der Waals surface area contributed by atoms with Gasteiger partial charge in [0.2, 0.25) is 5.88 Å². The second kappa shape index (κ2) is 5.91. The number of aromatic nitrogens is 2. The lowest BCUT2D eigenvalue weighted by atomic mass is 10.3. The molecule has 1 N–H and O–H groups in total. The van der Waals surface area contributed by atoms with Crippen molar-refractivity contribution < 1.29 is 19.2 Å². The number of carbonyl (C=O) groups is 1. The predicted molar refractivity (Wildman–Crippen MR) is 69.1 cm³/mol. The molecular formula is C11H9IN2O4. The summed E-state index contributed by atoms with van der Waals surface area (Å²) in [6.07, 6.45) is 2.14. The Balaban J connectivity index is 2.06. The average Bonchev–Trinajstić information content (AvgIpc) is 2.77. The van der Waals surface area contributed by atoms with Gasteiger partial charge in [-0.1, -0.05) is 5.16 Å². The summed E-state index contributed by atoms with van der Waals surface area (Å²) in [6, 6.07) is 3.21. The first kappa shape index (κ1) is 13.0. The van der Waals surface area contributed by atoms with E-state index in [4.69, 9.17) is 14.4 Å². The Morgan fingerprint density at radius 3 is 2.94 bits per heavy atom. The van der Waals surface area contributed by atoms with Crippen molar-refractivity contribution in [1.29, 1.82) is 0 Å². The van der Waals surface area contributed by atoms with Crippen molar-refractivity contribution in [3.8, 4) is 5.88 Å². The molecule has 0 aromatic carbocycles. The van der Waals surface area contributed by atoms with Crippen LogP contribution < -0.4 is 4.74 Å². The highest BCUT2D eigenvalue weighted by Crippen LogP contribution is 2.18. The predicted octanol–water partition coefficient (Wildman–Crippen LogP) is 1.56. The summed E-state index contributed by atoms with van der Waals surface area (Å²) in [7, 11) is 0. The van der Waals surface area contributed by atoms with Gasteiger partial charge in [-0.15, -0.1) is 0 Å². The standard InChI is InChI=1S/C11H9IN2O4/c12-11-8(9(5-16)18-14-11)6-17-10-2-1-7(4-15)3-13-10/h1-4,16H,5-6H2. The number of aliphatic hydroxyl groups is 1. The summed E-state index contributed by atoms with van der Waals surface area (Å²) in [5.41, 5.74) is 1.18. The number of hydrogen-bond donors (Lipinski definition) is 1. The second-order valence-corrected chi connectivity index (χ2v) is 4.39. The molecule has 7 heteroatoms. The maximum atomic E-state index is 10.5. The normalized spacial score (nSPS) is 10.3. The van der Waals surface area contributed by atoms with Gasteiger partial charge in [0.05, 0.1) is 5.56 Å². The van der Waals surface area contributed by atoms with E-state index in [1.807, 2.05) is 22.6 Å². The van der Waals surface area contributed by atoms with E-state index >= 15 is 0 Å². The molecular weight excluding hydrogens is 351 g/mol. The summed E-state index contributed by atoms with van der Waals surface area (Å²) >= 11 is 2.00. The Kier molecular flexibility index (Phi) is 4.26. The SMILES string of the molecule is O=Cc1ccc(OCc2c(I)noc2CO)nc1. The topological polar surface area (TPSA) is 85.5 Å². The Labute approximate surface area is 116 Å². The highest BCUT2D eigenvalue weighted by atomic mass is 127. The van der Waals surface area contributed by atoms with Gasteiger partial charge in [0, 0.05) is 17.8 Å². The smallest absolute Gasteiger partial charge is 0.213 e. The van der Waals surface area contributed by atoms with E-state index in [0.29, 0.717) is 32.8 Å². The van der Waals surface area contributed by atoms with Crippen LogP contribution in [0.15, 0.2) is 22.9 Å². The van der Waals surface area contributed by atoms with E-state index in [1.54, 1.807) is 12.1 Å². The fraction of sp³-hybridized carbons (Fsp3) is 0.182. The van der Waals surface area contributed by atoms with Crippen LogP contribution in [-0.4, -0.2) is 21.5 Å². The number of rotatable bonds is 5. The fourth-order valence-corrected chi connectivity index (χ4v) is 1.83. The van der Waals surface area contributed by atoms with Crippen LogP contribution in [0.5, 0.6) is 5.88 Å². The van der Waals surface area contributed by atoms with Crippen LogP contribution in [0.3, 0.4) is 0 Å². The Bertz CT molecular complexity index is 538. The summed E-state index contributed by atoms with van der Waals surface area (Å²) in [4.78, 5) is 14.4. The van der Waals surface area contributed by atoms with E-state index in [-0.39, 0.29) is 13.2 Å². The molecule has 0 aliphatic heterocycles. The average molecular weight is 360 g/mol. The largest absolute Gasteiger partial charge is 0.473 e. The molecule has 6 nitrogen and oxygen atoms in total. The molecule has 0 radical (unpaired) electrons. The van der Waals surface area contributed by atoms with Gasteiger partial charge in [0.15, 0.2) is 15.7 Å². The molecule has 0 atom stereocenters. The zero-order valence-electron chi connectivity index (χ0n) is 9.17. The van der Waals surface area contributed by atoms with Gasteiger partial charge >= 0.3 is 0 Å². The van der Waals surface area contributed by atoms with Crippen LogP contribution in [0, 0.1) is 3.70 Å². The molecule has 0 saturated carbocycles. The molecule has 2 heterocycles.